The Morgan fingerprint density at radius 3 is 1.21 bits per heavy atom. The fourth-order valence-corrected chi connectivity index (χ4v) is 11.9. The predicted molar refractivity (Wildman–Crippen MR) is 305 cm³/mol. The molecule has 1 heterocycles. The molecule has 0 aromatic heterocycles. The summed E-state index contributed by atoms with van der Waals surface area (Å²) >= 11 is 0. The minimum absolute atomic E-state index is 0.419. The first kappa shape index (κ1) is 43.8. The van der Waals surface area contributed by atoms with Crippen LogP contribution in [0.5, 0.6) is 0 Å². The molecule has 0 unspecified atom stereocenters. The lowest BCUT2D eigenvalue weighted by atomic mass is 9.65. The summed E-state index contributed by atoms with van der Waals surface area (Å²) in [5.41, 5.74) is 21.7. The van der Waals surface area contributed by atoms with Crippen LogP contribution in [0.4, 0.5) is 51.2 Å². The molecule has 3 heteroatoms. The Morgan fingerprint density at radius 1 is 0.288 bits per heavy atom. The van der Waals surface area contributed by atoms with Crippen molar-refractivity contribution >= 4 is 51.2 Å². The second kappa shape index (κ2) is 17.9. The van der Waals surface area contributed by atoms with E-state index in [1.165, 1.54) is 61.3 Å². The minimum atomic E-state index is -0.536. The summed E-state index contributed by atoms with van der Waals surface area (Å²) in [6.45, 7) is 4.83. The highest BCUT2D eigenvalue weighted by atomic mass is 15.2. The number of hydrogen-bond donors (Lipinski definition) is 0. The number of anilines is 9. The number of rotatable bonds is 10. The zero-order chi connectivity index (χ0) is 48.9. The monoisotopic (exact) mass is 935 g/mol. The van der Waals surface area contributed by atoms with E-state index in [9.17, 15) is 0 Å². The Labute approximate surface area is 429 Å². The van der Waals surface area contributed by atoms with Crippen LogP contribution in [-0.2, 0) is 10.8 Å². The lowest BCUT2D eigenvalue weighted by Gasteiger charge is -2.44. The van der Waals surface area contributed by atoms with E-state index in [4.69, 9.17) is 0 Å². The predicted octanol–water partition coefficient (Wildman–Crippen LogP) is 18.8. The van der Waals surface area contributed by atoms with Gasteiger partial charge in [-0.15, -0.1) is 0 Å². The van der Waals surface area contributed by atoms with Crippen LogP contribution in [0.3, 0.4) is 0 Å². The first-order chi connectivity index (χ1) is 36.0. The van der Waals surface area contributed by atoms with E-state index in [2.05, 4.69) is 314 Å². The molecule has 0 atom stereocenters. The van der Waals surface area contributed by atoms with Crippen molar-refractivity contribution in [3.05, 3.63) is 318 Å². The molecule has 73 heavy (non-hydrogen) atoms. The highest BCUT2D eigenvalue weighted by Crippen LogP contribution is 2.59. The molecule has 11 aromatic carbocycles. The van der Waals surface area contributed by atoms with Gasteiger partial charge in [0.05, 0.1) is 16.8 Å². The van der Waals surface area contributed by atoms with Gasteiger partial charge in [-0.3, -0.25) is 0 Å². The van der Waals surface area contributed by atoms with Crippen molar-refractivity contribution in [1.82, 2.24) is 0 Å². The van der Waals surface area contributed by atoms with Gasteiger partial charge in [-0.05, 0) is 153 Å². The van der Waals surface area contributed by atoms with Crippen molar-refractivity contribution in [3.63, 3.8) is 0 Å². The van der Waals surface area contributed by atoms with Gasteiger partial charge in [0.2, 0.25) is 0 Å². The molecule has 0 N–H and O–H groups in total. The molecule has 1 aliphatic carbocycles. The van der Waals surface area contributed by atoms with E-state index in [1.54, 1.807) is 0 Å². The summed E-state index contributed by atoms with van der Waals surface area (Å²) in [5.74, 6) is 0. The standard InChI is InChI=1S/C70H53N3/c1-69(2)65-48-53(70(52-24-10-4-11-25-52)63-34-20-18-32-61(63)62-33-19-21-35-64(62)70)38-46-67(65)73(68-47-45-60(49-66(68)69)72(55-28-14-6-15-29-55)56-30-16-7-17-31-56)59-43-41-58(42-44-59)71(54-26-12-5-13-27-54)57-39-36-51(37-40-57)50-22-8-3-9-23-50/h3-49H,1-2H3. The number of benzene rings is 11. The molecule has 1 aliphatic heterocycles. The smallest absolute Gasteiger partial charge is 0.0713 e. The van der Waals surface area contributed by atoms with Crippen molar-refractivity contribution in [1.29, 1.82) is 0 Å². The Kier molecular flexibility index (Phi) is 10.7. The third kappa shape index (κ3) is 7.27. The zero-order valence-corrected chi connectivity index (χ0v) is 41.0. The summed E-state index contributed by atoms with van der Waals surface area (Å²) in [6.07, 6.45) is 0. The SMILES string of the molecule is CC1(C)c2cc(N(c3ccccc3)c3ccccc3)ccc2N(c2ccc(N(c3ccccc3)c3ccc(-c4ccccc4)cc3)cc2)c2ccc(C3(c4ccccc4)c4ccccc4-c4ccccc43)cc21. The van der Waals surface area contributed by atoms with Gasteiger partial charge < -0.3 is 14.7 Å². The third-order valence-corrected chi connectivity index (χ3v) is 15.3. The summed E-state index contributed by atoms with van der Waals surface area (Å²) in [6, 6.07) is 104. The molecule has 348 valence electrons. The Hall–Kier alpha value is -9.18. The second-order valence-electron chi connectivity index (χ2n) is 19.7. The van der Waals surface area contributed by atoms with Gasteiger partial charge in [0.25, 0.3) is 0 Å². The number of para-hydroxylation sites is 3. The zero-order valence-electron chi connectivity index (χ0n) is 41.0. The normalized spacial score (nSPS) is 13.5. The third-order valence-electron chi connectivity index (χ3n) is 15.3. The van der Waals surface area contributed by atoms with E-state index in [-0.39, 0.29) is 0 Å². The van der Waals surface area contributed by atoms with Crippen LogP contribution < -0.4 is 14.7 Å². The highest BCUT2D eigenvalue weighted by molar-refractivity contribution is 5.92. The molecule has 0 spiro atoms. The van der Waals surface area contributed by atoms with E-state index in [0.29, 0.717) is 0 Å². The molecule has 0 fully saturated rings. The maximum absolute atomic E-state index is 2.54. The molecule has 2 aliphatic rings. The fraction of sp³-hybridized carbons (Fsp3) is 0.0571. The van der Waals surface area contributed by atoms with Crippen LogP contribution in [-0.4, -0.2) is 0 Å². The average Bonchev–Trinajstić information content (AvgIpc) is 3.77. The topological polar surface area (TPSA) is 9.72 Å². The van der Waals surface area contributed by atoms with Gasteiger partial charge >= 0.3 is 0 Å². The first-order valence-corrected chi connectivity index (χ1v) is 25.3. The number of fused-ring (bicyclic) bond motifs is 5. The van der Waals surface area contributed by atoms with Gasteiger partial charge in [0.1, 0.15) is 0 Å². The first-order valence-electron chi connectivity index (χ1n) is 25.3. The Bertz CT molecular complexity index is 3660. The van der Waals surface area contributed by atoms with Gasteiger partial charge in [-0.1, -0.05) is 202 Å². The van der Waals surface area contributed by atoms with Crippen LogP contribution in [0.15, 0.2) is 285 Å². The molecular formula is C70H53N3. The molecule has 3 nitrogen and oxygen atoms in total. The van der Waals surface area contributed by atoms with Crippen molar-refractivity contribution in [2.75, 3.05) is 14.7 Å². The van der Waals surface area contributed by atoms with Crippen LogP contribution in [0.2, 0.25) is 0 Å². The van der Waals surface area contributed by atoms with Crippen molar-refractivity contribution in [3.8, 4) is 22.3 Å². The maximum Gasteiger partial charge on any atom is 0.0713 e. The van der Waals surface area contributed by atoms with E-state index >= 15 is 0 Å². The molecule has 11 aromatic rings. The van der Waals surface area contributed by atoms with Crippen molar-refractivity contribution in [2.45, 2.75) is 24.7 Å². The summed E-state index contributed by atoms with van der Waals surface area (Å²) in [7, 11) is 0. The van der Waals surface area contributed by atoms with Crippen LogP contribution in [0.1, 0.15) is 47.2 Å². The number of hydrogen-bond acceptors (Lipinski definition) is 3. The fourth-order valence-electron chi connectivity index (χ4n) is 11.9. The minimum Gasteiger partial charge on any atom is -0.311 e. The Morgan fingerprint density at radius 2 is 0.671 bits per heavy atom. The molecule has 13 rings (SSSR count). The maximum atomic E-state index is 2.54. The van der Waals surface area contributed by atoms with Crippen molar-refractivity contribution < 1.29 is 0 Å². The quantitative estimate of drug-likeness (QED) is 0.135. The molecule has 0 amide bonds. The number of nitrogens with zero attached hydrogens (tertiary/aromatic N) is 3. The largest absolute Gasteiger partial charge is 0.311 e. The van der Waals surface area contributed by atoms with E-state index in [0.717, 1.165) is 45.5 Å². The molecular weight excluding hydrogens is 883 g/mol. The van der Waals surface area contributed by atoms with E-state index in [1.807, 2.05) is 0 Å². The molecule has 0 saturated heterocycles. The Balaban J connectivity index is 1.00. The lowest BCUT2D eigenvalue weighted by molar-refractivity contribution is 0.627. The summed E-state index contributed by atoms with van der Waals surface area (Å²) < 4.78 is 0. The summed E-state index contributed by atoms with van der Waals surface area (Å²) in [4.78, 5) is 7.22. The van der Waals surface area contributed by atoms with E-state index < -0.39 is 10.8 Å². The van der Waals surface area contributed by atoms with Crippen molar-refractivity contribution in [2.24, 2.45) is 0 Å². The lowest BCUT2D eigenvalue weighted by Crippen LogP contribution is -2.33. The highest BCUT2D eigenvalue weighted by Gasteiger charge is 2.47. The molecule has 0 saturated carbocycles. The average molecular weight is 936 g/mol. The van der Waals surface area contributed by atoms with Gasteiger partial charge in [-0.25, -0.2) is 0 Å². The summed E-state index contributed by atoms with van der Waals surface area (Å²) in [5, 5.41) is 0. The van der Waals surface area contributed by atoms with Gasteiger partial charge in [0.15, 0.2) is 0 Å². The molecule has 0 radical (unpaired) electrons. The second-order valence-corrected chi connectivity index (χ2v) is 19.7. The van der Waals surface area contributed by atoms with Crippen LogP contribution >= 0.6 is 0 Å². The van der Waals surface area contributed by atoms with Gasteiger partial charge in [-0.2, -0.15) is 0 Å². The molecule has 0 bridgehead atoms. The van der Waals surface area contributed by atoms with Crippen LogP contribution in [0, 0.1) is 0 Å². The van der Waals surface area contributed by atoms with Crippen LogP contribution in [0.25, 0.3) is 22.3 Å². The van der Waals surface area contributed by atoms with Gasteiger partial charge in [0, 0.05) is 45.2 Å².